The first-order chi connectivity index (χ1) is 7.09. The molecule has 1 aliphatic rings. The van der Waals surface area contributed by atoms with E-state index in [1.807, 2.05) is 13.8 Å². The molecule has 5 heteroatoms. The Morgan fingerprint density at radius 1 is 1.40 bits per heavy atom. The van der Waals surface area contributed by atoms with E-state index in [-0.39, 0.29) is 11.8 Å². The molecule has 2 heterocycles. The van der Waals surface area contributed by atoms with Gasteiger partial charge in [0.2, 0.25) is 5.78 Å². The molecule has 0 N–H and O–H groups in total. The molecule has 1 aromatic heterocycles. The van der Waals surface area contributed by atoms with Crippen LogP contribution in [0.4, 0.5) is 5.69 Å². The van der Waals surface area contributed by atoms with Crippen LogP contribution >= 0.6 is 0 Å². The van der Waals surface area contributed by atoms with Crippen LogP contribution in [0.3, 0.4) is 0 Å². The quantitative estimate of drug-likeness (QED) is 0.673. The molecule has 0 saturated carbocycles. The molecule has 1 saturated heterocycles. The minimum atomic E-state index is -0.418. The largest absolute Gasteiger partial charge is 0.302 e. The monoisotopic (exact) mass is 207 g/mol. The van der Waals surface area contributed by atoms with Crippen molar-refractivity contribution in [2.24, 2.45) is 0 Å². The van der Waals surface area contributed by atoms with Crippen molar-refractivity contribution in [1.29, 1.82) is 0 Å². The van der Waals surface area contributed by atoms with Crippen molar-refractivity contribution in [3.8, 4) is 0 Å². The second kappa shape index (κ2) is 3.49. The third-order valence-corrected chi connectivity index (χ3v) is 2.47. The first-order valence-corrected chi connectivity index (χ1v) is 4.98. The van der Waals surface area contributed by atoms with Crippen molar-refractivity contribution in [2.45, 2.75) is 26.3 Å². The number of hydrogen-bond acceptors (Lipinski definition) is 3. The Morgan fingerprint density at radius 2 is 2.13 bits per heavy atom. The van der Waals surface area contributed by atoms with E-state index in [4.69, 9.17) is 0 Å². The van der Waals surface area contributed by atoms with Gasteiger partial charge in [0.1, 0.15) is 0 Å². The summed E-state index contributed by atoms with van der Waals surface area (Å²) in [6.45, 7) is 4.49. The van der Waals surface area contributed by atoms with E-state index in [0.29, 0.717) is 18.7 Å². The molecule has 0 aliphatic carbocycles. The fourth-order valence-electron chi connectivity index (χ4n) is 1.57. The van der Waals surface area contributed by atoms with Crippen molar-refractivity contribution in [3.63, 3.8) is 0 Å². The van der Waals surface area contributed by atoms with E-state index in [1.165, 1.54) is 4.90 Å². The highest BCUT2D eigenvalue weighted by Crippen LogP contribution is 2.19. The number of rotatable bonds is 2. The number of carbonyl (C=O) groups is 2. The zero-order chi connectivity index (χ0) is 11.0. The molecule has 1 fully saturated rings. The number of carbonyl (C=O) groups excluding carboxylic acids is 2. The summed E-state index contributed by atoms with van der Waals surface area (Å²) in [5, 5.41) is 4.13. The summed E-state index contributed by atoms with van der Waals surface area (Å²) < 4.78 is 1.77. The Kier molecular flexibility index (Phi) is 2.30. The van der Waals surface area contributed by atoms with Crippen molar-refractivity contribution in [3.05, 3.63) is 12.4 Å². The van der Waals surface area contributed by atoms with Gasteiger partial charge in [-0.05, 0) is 13.8 Å². The molecule has 0 atom stereocenters. The number of ketones is 1. The van der Waals surface area contributed by atoms with Gasteiger partial charge in [-0.3, -0.25) is 14.3 Å². The lowest BCUT2D eigenvalue weighted by molar-refractivity contribution is -0.133. The molecule has 15 heavy (non-hydrogen) atoms. The second-order valence-electron chi connectivity index (χ2n) is 3.90. The predicted octanol–water partition coefficient (Wildman–Crippen LogP) is 0.770. The zero-order valence-electron chi connectivity index (χ0n) is 8.80. The maximum atomic E-state index is 11.4. The fourth-order valence-corrected chi connectivity index (χ4v) is 1.57. The van der Waals surface area contributed by atoms with Crippen LogP contribution in [0.25, 0.3) is 0 Å². The minimum absolute atomic E-state index is 0.257. The van der Waals surface area contributed by atoms with Gasteiger partial charge in [-0.15, -0.1) is 0 Å². The van der Waals surface area contributed by atoms with E-state index < -0.39 is 5.91 Å². The molecule has 1 amide bonds. The van der Waals surface area contributed by atoms with Gasteiger partial charge < -0.3 is 4.90 Å². The first-order valence-electron chi connectivity index (χ1n) is 4.98. The van der Waals surface area contributed by atoms with Gasteiger partial charge in [-0.25, -0.2) is 0 Å². The third-order valence-electron chi connectivity index (χ3n) is 2.47. The summed E-state index contributed by atoms with van der Waals surface area (Å²) in [5.74, 6) is -0.731. The number of nitrogens with zero attached hydrogens (tertiary/aromatic N) is 3. The average Bonchev–Trinajstić information content (AvgIpc) is 2.76. The standard InChI is InChI=1S/C10H13N3O2/c1-7(2)13-6-8(5-11-13)12-4-3-9(14)10(12)15/h5-7H,3-4H2,1-2H3. The second-order valence-corrected chi connectivity index (χ2v) is 3.90. The number of hydrogen-bond donors (Lipinski definition) is 0. The highest BCUT2D eigenvalue weighted by Gasteiger charge is 2.31. The number of anilines is 1. The maximum absolute atomic E-state index is 11.4. The SMILES string of the molecule is CC(C)n1cc(N2CCC(=O)C2=O)cn1. The van der Waals surface area contributed by atoms with Gasteiger partial charge >= 0.3 is 0 Å². The summed E-state index contributed by atoms with van der Waals surface area (Å²) in [7, 11) is 0. The molecule has 0 radical (unpaired) electrons. The van der Waals surface area contributed by atoms with E-state index in [2.05, 4.69) is 5.10 Å². The Hall–Kier alpha value is -1.65. The van der Waals surface area contributed by atoms with Crippen molar-refractivity contribution >= 4 is 17.4 Å². The molecule has 1 aromatic rings. The van der Waals surface area contributed by atoms with E-state index in [1.54, 1.807) is 17.1 Å². The maximum Gasteiger partial charge on any atom is 0.294 e. The minimum Gasteiger partial charge on any atom is -0.302 e. The van der Waals surface area contributed by atoms with E-state index in [9.17, 15) is 9.59 Å². The molecule has 0 spiro atoms. The Bertz CT molecular complexity index is 409. The van der Waals surface area contributed by atoms with Gasteiger partial charge in [-0.1, -0.05) is 0 Å². The molecule has 1 aliphatic heterocycles. The van der Waals surface area contributed by atoms with Gasteiger partial charge in [0, 0.05) is 25.2 Å². The van der Waals surface area contributed by atoms with Crippen molar-refractivity contribution in [1.82, 2.24) is 9.78 Å². The molecule has 2 rings (SSSR count). The lowest BCUT2D eigenvalue weighted by atomic mass is 10.3. The van der Waals surface area contributed by atoms with Crippen molar-refractivity contribution < 1.29 is 9.59 Å². The molecule has 0 aromatic carbocycles. The Labute approximate surface area is 87.7 Å². The van der Waals surface area contributed by atoms with Crippen molar-refractivity contribution in [2.75, 3.05) is 11.4 Å². The van der Waals surface area contributed by atoms with Crippen LogP contribution < -0.4 is 4.90 Å². The van der Waals surface area contributed by atoms with Gasteiger partial charge in [0.25, 0.3) is 5.91 Å². The molecule has 80 valence electrons. The number of Topliss-reactive ketones (excluding diaryl/α,β-unsaturated/α-hetero) is 1. The first kappa shape index (κ1) is 9.89. The molecular formula is C10H13N3O2. The zero-order valence-corrected chi connectivity index (χ0v) is 8.80. The number of amides is 1. The van der Waals surface area contributed by atoms with Gasteiger partial charge in [0.15, 0.2) is 0 Å². The molecule has 5 nitrogen and oxygen atoms in total. The average molecular weight is 207 g/mol. The van der Waals surface area contributed by atoms with Crippen LogP contribution in [0.5, 0.6) is 0 Å². The molecular weight excluding hydrogens is 194 g/mol. The highest BCUT2D eigenvalue weighted by molar-refractivity contribution is 6.43. The smallest absolute Gasteiger partial charge is 0.294 e. The fraction of sp³-hybridized carbons (Fsp3) is 0.500. The van der Waals surface area contributed by atoms with Crippen LogP contribution in [-0.2, 0) is 9.59 Å². The third kappa shape index (κ3) is 1.65. The lowest BCUT2D eigenvalue weighted by Crippen LogP contribution is -2.26. The highest BCUT2D eigenvalue weighted by atomic mass is 16.2. The molecule has 0 bridgehead atoms. The van der Waals surface area contributed by atoms with Gasteiger partial charge in [-0.2, -0.15) is 5.10 Å². The molecule has 0 unspecified atom stereocenters. The van der Waals surface area contributed by atoms with Crippen LogP contribution in [0.15, 0.2) is 12.4 Å². The summed E-state index contributed by atoms with van der Waals surface area (Å²) in [4.78, 5) is 24.0. The predicted molar refractivity (Wildman–Crippen MR) is 54.6 cm³/mol. The Morgan fingerprint density at radius 3 is 2.60 bits per heavy atom. The summed E-state index contributed by atoms with van der Waals surface area (Å²) in [5.41, 5.74) is 0.708. The number of aromatic nitrogens is 2. The van der Waals surface area contributed by atoms with Crippen LogP contribution in [0.2, 0.25) is 0 Å². The van der Waals surface area contributed by atoms with Gasteiger partial charge in [0.05, 0.1) is 11.9 Å². The Balaban J connectivity index is 2.23. The van der Waals surface area contributed by atoms with E-state index in [0.717, 1.165) is 0 Å². The van der Waals surface area contributed by atoms with Crippen LogP contribution in [0, 0.1) is 0 Å². The summed E-state index contributed by atoms with van der Waals surface area (Å²) in [6, 6.07) is 0.257. The van der Waals surface area contributed by atoms with Crippen LogP contribution in [0.1, 0.15) is 26.3 Å². The topological polar surface area (TPSA) is 55.2 Å². The van der Waals surface area contributed by atoms with E-state index >= 15 is 0 Å². The summed E-state index contributed by atoms with van der Waals surface area (Å²) >= 11 is 0. The normalized spacial score (nSPS) is 16.9. The lowest BCUT2D eigenvalue weighted by Gasteiger charge is -2.11. The van der Waals surface area contributed by atoms with Crippen LogP contribution in [-0.4, -0.2) is 28.0 Å². The summed E-state index contributed by atoms with van der Waals surface area (Å²) in [6.07, 6.45) is 3.73.